The smallest absolute Gasteiger partial charge is 0.254 e. The Bertz CT molecular complexity index is 646. The van der Waals surface area contributed by atoms with E-state index in [0.29, 0.717) is 28.7 Å². The highest BCUT2D eigenvalue weighted by atomic mass is 35.5. The van der Waals surface area contributed by atoms with Crippen molar-refractivity contribution < 1.29 is 4.79 Å². The molecule has 0 spiro atoms. The van der Waals surface area contributed by atoms with E-state index in [2.05, 4.69) is 15.7 Å². The summed E-state index contributed by atoms with van der Waals surface area (Å²) in [7, 11) is 0. The number of rotatable bonds is 4. The second kappa shape index (κ2) is 5.87. The molecule has 1 aliphatic heterocycles. The number of nitrogens with one attached hydrogen (secondary N) is 2. The Hall–Kier alpha value is -1.85. The largest absolute Gasteiger partial charge is 0.352 e. The highest BCUT2D eigenvalue weighted by molar-refractivity contribution is 6.30. The summed E-state index contributed by atoms with van der Waals surface area (Å²) >= 11 is 5.88. The second-order valence-electron chi connectivity index (χ2n) is 5.28. The predicted octanol–water partition coefficient (Wildman–Crippen LogP) is 1.78. The Labute approximate surface area is 128 Å². The van der Waals surface area contributed by atoms with Gasteiger partial charge in [0, 0.05) is 36.8 Å². The molecule has 0 saturated carbocycles. The zero-order valence-corrected chi connectivity index (χ0v) is 12.5. The Morgan fingerprint density at radius 1 is 1.43 bits per heavy atom. The fraction of sp³-hybridized carbons (Fsp3) is 0.333. The van der Waals surface area contributed by atoms with Crippen LogP contribution in [0.15, 0.2) is 30.5 Å². The summed E-state index contributed by atoms with van der Waals surface area (Å²) in [6.07, 6.45) is 1.76. The van der Waals surface area contributed by atoms with Gasteiger partial charge >= 0.3 is 0 Å². The number of aromatic nitrogens is 2. The first-order valence-corrected chi connectivity index (χ1v) is 7.32. The van der Waals surface area contributed by atoms with Gasteiger partial charge in [-0.15, -0.1) is 0 Å². The molecule has 0 radical (unpaired) electrons. The van der Waals surface area contributed by atoms with Gasteiger partial charge < -0.3 is 10.6 Å². The monoisotopic (exact) mass is 304 g/mol. The van der Waals surface area contributed by atoms with Crippen LogP contribution in [0.4, 0.5) is 0 Å². The summed E-state index contributed by atoms with van der Waals surface area (Å²) < 4.78 is 1.70. The lowest BCUT2D eigenvalue weighted by molar-refractivity contribution is 0.0941. The molecule has 5 nitrogen and oxygen atoms in total. The quantitative estimate of drug-likeness (QED) is 0.905. The van der Waals surface area contributed by atoms with E-state index in [1.54, 1.807) is 23.0 Å². The molecule has 1 saturated heterocycles. The summed E-state index contributed by atoms with van der Waals surface area (Å²) in [6, 6.07) is 7.35. The van der Waals surface area contributed by atoms with E-state index < -0.39 is 0 Å². The maximum absolute atomic E-state index is 12.2. The molecule has 2 aromatic rings. The van der Waals surface area contributed by atoms with Gasteiger partial charge in [0.05, 0.1) is 16.9 Å². The number of hydrogen-bond donors (Lipinski definition) is 2. The molecule has 0 unspecified atom stereocenters. The van der Waals surface area contributed by atoms with E-state index in [9.17, 15) is 4.79 Å². The van der Waals surface area contributed by atoms with Crippen LogP contribution in [0.2, 0.25) is 5.02 Å². The normalized spacial score (nSPS) is 14.8. The number of benzene rings is 1. The maximum Gasteiger partial charge on any atom is 0.254 e. The van der Waals surface area contributed by atoms with Crippen LogP contribution in [0.1, 0.15) is 16.1 Å². The van der Waals surface area contributed by atoms with E-state index >= 15 is 0 Å². The first kappa shape index (κ1) is 14.1. The van der Waals surface area contributed by atoms with Gasteiger partial charge in [0.2, 0.25) is 0 Å². The summed E-state index contributed by atoms with van der Waals surface area (Å²) in [4.78, 5) is 12.2. The SMILES string of the molecule is Cc1nn(-c2ccc(Cl)cc2)cc1C(=O)NCC1CNC1. The molecule has 1 aromatic heterocycles. The third kappa shape index (κ3) is 3.09. The average molecular weight is 305 g/mol. The lowest BCUT2D eigenvalue weighted by Crippen LogP contribution is -2.48. The molecule has 1 amide bonds. The molecule has 1 fully saturated rings. The van der Waals surface area contributed by atoms with Crippen LogP contribution in [-0.4, -0.2) is 35.3 Å². The van der Waals surface area contributed by atoms with Crippen molar-refractivity contribution in [2.75, 3.05) is 19.6 Å². The molecule has 0 aliphatic carbocycles. The van der Waals surface area contributed by atoms with Crippen molar-refractivity contribution in [2.45, 2.75) is 6.92 Å². The molecule has 1 aliphatic rings. The van der Waals surface area contributed by atoms with Crippen molar-refractivity contribution in [3.8, 4) is 5.69 Å². The fourth-order valence-corrected chi connectivity index (χ4v) is 2.36. The minimum Gasteiger partial charge on any atom is -0.352 e. The van der Waals surface area contributed by atoms with Crippen LogP contribution in [0, 0.1) is 12.8 Å². The Morgan fingerprint density at radius 2 is 2.14 bits per heavy atom. The molecule has 0 bridgehead atoms. The van der Waals surface area contributed by atoms with Gasteiger partial charge in [0.25, 0.3) is 5.91 Å². The van der Waals surface area contributed by atoms with E-state index in [0.717, 1.165) is 18.8 Å². The Morgan fingerprint density at radius 3 is 2.76 bits per heavy atom. The van der Waals surface area contributed by atoms with Crippen LogP contribution in [0.5, 0.6) is 0 Å². The molecule has 0 atom stereocenters. The molecule has 2 heterocycles. The number of nitrogens with zero attached hydrogens (tertiary/aromatic N) is 2. The van der Waals surface area contributed by atoms with Crippen molar-refractivity contribution in [1.82, 2.24) is 20.4 Å². The predicted molar refractivity (Wildman–Crippen MR) is 82.0 cm³/mol. The number of aryl methyl sites for hydroxylation is 1. The van der Waals surface area contributed by atoms with Crippen molar-refractivity contribution in [3.05, 3.63) is 46.7 Å². The van der Waals surface area contributed by atoms with Crippen molar-refractivity contribution in [3.63, 3.8) is 0 Å². The zero-order chi connectivity index (χ0) is 14.8. The third-order valence-corrected chi connectivity index (χ3v) is 3.90. The van der Waals surface area contributed by atoms with E-state index in [-0.39, 0.29) is 5.91 Å². The van der Waals surface area contributed by atoms with Crippen molar-refractivity contribution >= 4 is 17.5 Å². The van der Waals surface area contributed by atoms with Gasteiger partial charge in [-0.1, -0.05) is 11.6 Å². The molecular formula is C15H17ClN4O. The van der Waals surface area contributed by atoms with E-state index in [1.165, 1.54) is 0 Å². The van der Waals surface area contributed by atoms with Gasteiger partial charge in [-0.05, 0) is 31.2 Å². The lowest BCUT2D eigenvalue weighted by atomic mass is 10.0. The number of halogens is 1. The van der Waals surface area contributed by atoms with Crippen LogP contribution in [0.25, 0.3) is 5.69 Å². The third-order valence-electron chi connectivity index (χ3n) is 3.65. The van der Waals surface area contributed by atoms with Crippen molar-refractivity contribution in [1.29, 1.82) is 0 Å². The standard InChI is InChI=1S/C15H17ClN4O/c1-10-14(15(21)18-8-11-6-17-7-11)9-20(19-10)13-4-2-12(16)3-5-13/h2-5,9,11,17H,6-8H2,1H3,(H,18,21). The molecule has 6 heteroatoms. The topological polar surface area (TPSA) is 59.0 Å². The Balaban J connectivity index is 1.73. The molecule has 2 N–H and O–H groups in total. The fourth-order valence-electron chi connectivity index (χ4n) is 2.23. The van der Waals surface area contributed by atoms with Crippen LogP contribution in [-0.2, 0) is 0 Å². The summed E-state index contributed by atoms with van der Waals surface area (Å²) in [5.74, 6) is 0.472. The summed E-state index contributed by atoms with van der Waals surface area (Å²) in [5.41, 5.74) is 2.20. The van der Waals surface area contributed by atoms with Gasteiger partial charge in [-0.3, -0.25) is 4.79 Å². The Kier molecular flexibility index (Phi) is 3.94. The second-order valence-corrected chi connectivity index (χ2v) is 5.72. The molecule has 3 rings (SSSR count). The van der Waals surface area contributed by atoms with Gasteiger partial charge in [0.15, 0.2) is 0 Å². The van der Waals surface area contributed by atoms with E-state index in [4.69, 9.17) is 11.6 Å². The number of carbonyl (C=O) groups excluding carboxylic acids is 1. The number of carbonyl (C=O) groups is 1. The number of hydrogen-bond acceptors (Lipinski definition) is 3. The summed E-state index contributed by atoms with van der Waals surface area (Å²) in [5, 5.41) is 11.2. The molecule has 110 valence electrons. The van der Waals surface area contributed by atoms with Crippen LogP contribution in [0.3, 0.4) is 0 Å². The average Bonchev–Trinajstić information content (AvgIpc) is 2.80. The first-order valence-electron chi connectivity index (χ1n) is 6.94. The lowest BCUT2D eigenvalue weighted by Gasteiger charge is -2.26. The highest BCUT2D eigenvalue weighted by Crippen LogP contribution is 2.15. The zero-order valence-electron chi connectivity index (χ0n) is 11.8. The summed E-state index contributed by atoms with van der Waals surface area (Å²) in [6.45, 7) is 4.50. The van der Waals surface area contributed by atoms with Gasteiger partial charge in [-0.2, -0.15) is 5.10 Å². The molecule has 1 aromatic carbocycles. The van der Waals surface area contributed by atoms with Crippen LogP contribution >= 0.6 is 11.6 Å². The van der Waals surface area contributed by atoms with E-state index in [1.807, 2.05) is 19.1 Å². The molecular weight excluding hydrogens is 288 g/mol. The minimum absolute atomic E-state index is 0.0698. The first-order chi connectivity index (χ1) is 10.1. The van der Waals surface area contributed by atoms with Gasteiger partial charge in [-0.25, -0.2) is 4.68 Å². The van der Waals surface area contributed by atoms with Gasteiger partial charge in [0.1, 0.15) is 0 Å². The van der Waals surface area contributed by atoms with Crippen LogP contribution < -0.4 is 10.6 Å². The minimum atomic E-state index is -0.0698. The molecule has 21 heavy (non-hydrogen) atoms. The number of amides is 1. The van der Waals surface area contributed by atoms with Crippen molar-refractivity contribution in [2.24, 2.45) is 5.92 Å². The highest BCUT2D eigenvalue weighted by Gasteiger charge is 2.19. The maximum atomic E-state index is 12.2.